The summed E-state index contributed by atoms with van der Waals surface area (Å²) in [5.41, 5.74) is 10.0. The number of aliphatic carboxylic acids is 1. The van der Waals surface area contributed by atoms with Gasteiger partial charge < -0.3 is 10.8 Å². The zero-order valence-corrected chi connectivity index (χ0v) is 12.0. The maximum absolute atomic E-state index is 11.9. The summed E-state index contributed by atoms with van der Waals surface area (Å²) in [6, 6.07) is 5.82. The third-order valence-corrected chi connectivity index (χ3v) is 2.73. The van der Waals surface area contributed by atoms with Crippen LogP contribution in [-0.2, 0) is 16.1 Å². The second-order valence-electron chi connectivity index (χ2n) is 4.75. The standard InChI is InChI=1S/C15H20N2O4/c1-10(2)17-21-8-7-14(18)12-5-3-11(4-6-12)9-13(16)15(19)20/h3-6,13,17H,1,7-9,16H2,2H3,(H,19,20). The average Bonchev–Trinajstić information content (AvgIpc) is 2.43. The summed E-state index contributed by atoms with van der Waals surface area (Å²) in [5, 5.41) is 8.74. The number of ketones is 1. The maximum Gasteiger partial charge on any atom is 0.320 e. The summed E-state index contributed by atoms with van der Waals surface area (Å²) in [4.78, 5) is 27.6. The van der Waals surface area contributed by atoms with Crippen molar-refractivity contribution < 1.29 is 19.5 Å². The van der Waals surface area contributed by atoms with Gasteiger partial charge in [0, 0.05) is 17.7 Å². The molecule has 0 aromatic heterocycles. The third kappa shape index (κ3) is 6.20. The molecule has 0 radical (unpaired) electrons. The van der Waals surface area contributed by atoms with Crippen molar-refractivity contribution in [1.29, 1.82) is 0 Å². The van der Waals surface area contributed by atoms with Crippen LogP contribution in [-0.4, -0.2) is 29.5 Å². The molecule has 0 aliphatic heterocycles. The first-order valence-corrected chi connectivity index (χ1v) is 6.54. The number of allylic oxidation sites excluding steroid dienone is 1. The molecule has 0 saturated heterocycles. The van der Waals surface area contributed by atoms with Gasteiger partial charge in [-0.1, -0.05) is 30.8 Å². The summed E-state index contributed by atoms with van der Waals surface area (Å²) in [6.45, 7) is 5.60. The number of carboxylic acids is 1. The molecule has 21 heavy (non-hydrogen) atoms. The predicted octanol–water partition coefficient (Wildman–Crippen LogP) is 1.27. The highest BCUT2D eigenvalue weighted by Gasteiger charge is 2.12. The van der Waals surface area contributed by atoms with Crippen molar-refractivity contribution in [2.24, 2.45) is 5.73 Å². The molecule has 4 N–H and O–H groups in total. The molecular formula is C15H20N2O4. The molecule has 1 rings (SSSR count). The monoisotopic (exact) mass is 292 g/mol. The highest BCUT2D eigenvalue weighted by molar-refractivity contribution is 5.96. The minimum Gasteiger partial charge on any atom is -0.480 e. The molecule has 0 heterocycles. The number of nitrogens with one attached hydrogen (secondary N) is 1. The lowest BCUT2D eigenvalue weighted by Gasteiger charge is -2.08. The Bertz CT molecular complexity index is 511. The smallest absolute Gasteiger partial charge is 0.320 e. The van der Waals surface area contributed by atoms with Crippen LogP contribution in [0.25, 0.3) is 0 Å². The van der Waals surface area contributed by atoms with E-state index in [9.17, 15) is 9.59 Å². The van der Waals surface area contributed by atoms with Gasteiger partial charge in [0.2, 0.25) is 0 Å². The number of carbonyl (C=O) groups excluding carboxylic acids is 1. The molecule has 0 aliphatic carbocycles. The molecule has 1 unspecified atom stereocenters. The van der Waals surface area contributed by atoms with Crippen LogP contribution in [0, 0.1) is 0 Å². The first kappa shape index (κ1) is 16.9. The Kier molecular flexibility index (Phi) is 6.58. The molecule has 0 bridgehead atoms. The van der Waals surface area contributed by atoms with Gasteiger partial charge >= 0.3 is 5.97 Å². The van der Waals surface area contributed by atoms with E-state index in [0.717, 1.165) is 5.56 Å². The summed E-state index contributed by atoms with van der Waals surface area (Å²) in [6.07, 6.45) is 0.476. The van der Waals surface area contributed by atoms with E-state index in [-0.39, 0.29) is 25.2 Å². The molecule has 6 heteroatoms. The van der Waals surface area contributed by atoms with Crippen molar-refractivity contribution in [2.75, 3.05) is 6.61 Å². The van der Waals surface area contributed by atoms with E-state index in [1.165, 1.54) is 0 Å². The molecule has 1 aromatic rings. The molecule has 0 saturated carbocycles. The third-order valence-electron chi connectivity index (χ3n) is 2.73. The van der Waals surface area contributed by atoms with E-state index in [4.69, 9.17) is 15.7 Å². The molecule has 0 amide bonds. The van der Waals surface area contributed by atoms with Crippen LogP contribution in [0.15, 0.2) is 36.5 Å². The van der Waals surface area contributed by atoms with Crippen molar-refractivity contribution in [1.82, 2.24) is 5.48 Å². The summed E-state index contributed by atoms with van der Waals surface area (Å²) in [7, 11) is 0. The lowest BCUT2D eigenvalue weighted by atomic mass is 10.0. The Morgan fingerprint density at radius 3 is 2.52 bits per heavy atom. The first-order valence-electron chi connectivity index (χ1n) is 6.54. The van der Waals surface area contributed by atoms with Crippen LogP contribution >= 0.6 is 0 Å². The number of carbonyl (C=O) groups is 2. The number of hydrogen-bond acceptors (Lipinski definition) is 5. The number of benzene rings is 1. The predicted molar refractivity (Wildman–Crippen MR) is 78.6 cm³/mol. The second kappa shape index (κ2) is 8.18. The highest BCUT2D eigenvalue weighted by atomic mass is 16.6. The lowest BCUT2D eigenvalue weighted by molar-refractivity contribution is -0.138. The van der Waals surface area contributed by atoms with Gasteiger partial charge in [-0.15, -0.1) is 0 Å². The van der Waals surface area contributed by atoms with Gasteiger partial charge in [0.1, 0.15) is 6.04 Å². The van der Waals surface area contributed by atoms with Gasteiger partial charge in [0.05, 0.1) is 6.61 Å². The van der Waals surface area contributed by atoms with Gasteiger partial charge in [0.15, 0.2) is 5.78 Å². The van der Waals surface area contributed by atoms with Crippen LogP contribution in [0.5, 0.6) is 0 Å². The van der Waals surface area contributed by atoms with Crippen LogP contribution in [0.4, 0.5) is 0 Å². The van der Waals surface area contributed by atoms with E-state index < -0.39 is 12.0 Å². The topological polar surface area (TPSA) is 102 Å². The maximum atomic E-state index is 11.9. The Morgan fingerprint density at radius 1 is 1.38 bits per heavy atom. The average molecular weight is 292 g/mol. The largest absolute Gasteiger partial charge is 0.480 e. The van der Waals surface area contributed by atoms with Gasteiger partial charge in [0.25, 0.3) is 0 Å². The van der Waals surface area contributed by atoms with Crippen LogP contribution in [0.3, 0.4) is 0 Å². The quantitative estimate of drug-likeness (QED) is 0.360. The Morgan fingerprint density at radius 2 is 2.00 bits per heavy atom. The van der Waals surface area contributed by atoms with Crippen molar-refractivity contribution in [3.63, 3.8) is 0 Å². The number of Topliss-reactive ketones (excluding diaryl/α,β-unsaturated/α-hetero) is 1. The number of nitrogens with two attached hydrogens (primary N) is 1. The van der Waals surface area contributed by atoms with Crippen LogP contribution in [0.2, 0.25) is 0 Å². The van der Waals surface area contributed by atoms with Crippen molar-refractivity contribution in [3.8, 4) is 0 Å². The van der Waals surface area contributed by atoms with E-state index >= 15 is 0 Å². The summed E-state index contributed by atoms with van der Waals surface area (Å²) >= 11 is 0. The molecule has 6 nitrogen and oxygen atoms in total. The SMILES string of the molecule is C=C(C)NOCCC(=O)c1ccc(CC(N)C(=O)O)cc1. The molecule has 114 valence electrons. The highest BCUT2D eigenvalue weighted by Crippen LogP contribution is 2.09. The first-order chi connectivity index (χ1) is 9.90. The van der Waals surface area contributed by atoms with Crippen LogP contribution in [0.1, 0.15) is 29.3 Å². The van der Waals surface area contributed by atoms with E-state index in [0.29, 0.717) is 11.3 Å². The van der Waals surface area contributed by atoms with Crippen molar-refractivity contribution >= 4 is 11.8 Å². The number of rotatable bonds is 9. The van der Waals surface area contributed by atoms with Crippen molar-refractivity contribution in [2.45, 2.75) is 25.8 Å². The Labute approximate surface area is 123 Å². The molecule has 0 spiro atoms. The lowest BCUT2D eigenvalue weighted by Crippen LogP contribution is -2.32. The van der Waals surface area contributed by atoms with Crippen molar-refractivity contribution in [3.05, 3.63) is 47.7 Å². The molecule has 0 fully saturated rings. The van der Waals surface area contributed by atoms with Gasteiger partial charge in [-0.3, -0.25) is 19.9 Å². The zero-order valence-electron chi connectivity index (χ0n) is 12.0. The fourth-order valence-electron chi connectivity index (χ4n) is 1.63. The van der Waals surface area contributed by atoms with Gasteiger partial charge in [-0.2, -0.15) is 0 Å². The van der Waals surface area contributed by atoms with Crippen LogP contribution < -0.4 is 11.2 Å². The number of hydroxylamine groups is 1. The Hall–Kier alpha value is -2.18. The summed E-state index contributed by atoms with van der Waals surface area (Å²) in [5.74, 6) is -1.09. The summed E-state index contributed by atoms with van der Waals surface area (Å²) < 4.78 is 0. The molecule has 1 atom stereocenters. The van der Waals surface area contributed by atoms with E-state index in [1.54, 1.807) is 31.2 Å². The molecule has 1 aromatic carbocycles. The normalized spacial score (nSPS) is 11.7. The van der Waals surface area contributed by atoms with Gasteiger partial charge in [-0.25, -0.2) is 0 Å². The number of carboxylic acid groups (broad SMARTS) is 1. The zero-order chi connectivity index (χ0) is 15.8. The van der Waals surface area contributed by atoms with E-state index in [1.807, 2.05) is 0 Å². The minimum atomic E-state index is -1.04. The van der Waals surface area contributed by atoms with Gasteiger partial charge in [-0.05, 0) is 18.9 Å². The minimum absolute atomic E-state index is 0.0485. The second-order valence-corrected chi connectivity index (χ2v) is 4.75. The number of hydrogen-bond donors (Lipinski definition) is 3. The molecule has 0 aliphatic rings. The van der Waals surface area contributed by atoms with E-state index in [2.05, 4.69) is 12.1 Å². The fourth-order valence-corrected chi connectivity index (χ4v) is 1.63. The molecular weight excluding hydrogens is 272 g/mol. The fraction of sp³-hybridized carbons (Fsp3) is 0.333. The Balaban J connectivity index is 2.47.